The third-order valence-corrected chi connectivity index (χ3v) is 5.76. The van der Waals surface area contributed by atoms with Crippen molar-refractivity contribution in [1.82, 2.24) is 10.2 Å². The van der Waals surface area contributed by atoms with Gasteiger partial charge in [0.05, 0.1) is 0 Å². The topological polar surface area (TPSA) is 15.3 Å². The second-order valence-electron chi connectivity index (χ2n) is 6.69. The lowest BCUT2D eigenvalue weighted by Gasteiger charge is -2.43. The minimum atomic E-state index is 0.719. The van der Waals surface area contributed by atoms with E-state index in [1.165, 1.54) is 42.4 Å². The minimum absolute atomic E-state index is 0.719. The monoisotopic (exact) mass is 336 g/mol. The first kappa shape index (κ1) is 14.6. The van der Waals surface area contributed by atoms with Gasteiger partial charge in [-0.3, -0.25) is 0 Å². The van der Waals surface area contributed by atoms with E-state index in [0.29, 0.717) is 0 Å². The van der Waals surface area contributed by atoms with Gasteiger partial charge in [0.1, 0.15) is 0 Å². The van der Waals surface area contributed by atoms with Crippen molar-refractivity contribution in [2.75, 3.05) is 20.1 Å². The van der Waals surface area contributed by atoms with Gasteiger partial charge in [-0.15, -0.1) is 0 Å². The first-order valence-corrected chi connectivity index (χ1v) is 8.62. The summed E-state index contributed by atoms with van der Waals surface area (Å²) >= 11 is 3.68. The Morgan fingerprint density at radius 3 is 2.70 bits per heavy atom. The lowest BCUT2D eigenvalue weighted by atomic mass is 9.75. The lowest BCUT2D eigenvalue weighted by molar-refractivity contribution is 0.145. The second-order valence-corrected chi connectivity index (χ2v) is 7.54. The van der Waals surface area contributed by atoms with E-state index in [2.05, 4.69) is 64.4 Å². The molecule has 1 aliphatic carbocycles. The molecule has 3 heteroatoms. The average molecular weight is 337 g/mol. The fraction of sp³-hybridized carbons (Fsp3) is 0.647. The van der Waals surface area contributed by atoms with Gasteiger partial charge in [0.25, 0.3) is 0 Å². The third-order valence-electron chi connectivity index (χ3n) is 5.04. The molecule has 110 valence electrons. The van der Waals surface area contributed by atoms with Crippen LogP contribution in [0.3, 0.4) is 0 Å². The highest BCUT2D eigenvalue weighted by Gasteiger charge is 2.34. The van der Waals surface area contributed by atoms with Crippen LogP contribution in [-0.4, -0.2) is 37.1 Å². The number of hydrogen-bond donors (Lipinski definition) is 1. The standard InChI is InChI=1S/C17H25BrN2/c1-12-11-20(2)8-7-17(12)19-14-9-13(10-14)15-5-3-4-6-16(15)18/h3-6,12-14,17,19H,7-11H2,1-2H3. The molecule has 1 saturated carbocycles. The number of nitrogens with zero attached hydrogens (tertiary/aromatic N) is 1. The molecule has 0 bridgehead atoms. The highest BCUT2D eigenvalue weighted by atomic mass is 79.9. The Balaban J connectivity index is 1.50. The van der Waals surface area contributed by atoms with E-state index in [1.807, 2.05) is 0 Å². The highest BCUT2D eigenvalue weighted by molar-refractivity contribution is 9.10. The van der Waals surface area contributed by atoms with Gasteiger partial charge in [-0.2, -0.15) is 0 Å². The van der Waals surface area contributed by atoms with Crippen LogP contribution in [0, 0.1) is 5.92 Å². The Morgan fingerprint density at radius 2 is 2.00 bits per heavy atom. The summed E-state index contributed by atoms with van der Waals surface area (Å²) in [7, 11) is 2.24. The number of nitrogens with one attached hydrogen (secondary N) is 1. The normalized spacial score (nSPS) is 34.8. The van der Waals surface area contributed by atoms with Crippen LogP contribution in [0.1, 0.15) is 37.7 Å². The van der Waals surface area contributed by atoms with Gasteiger partial charge >= 0.3 is 0 Å². The maximum atomic E-state index is 3.90. The molecule has 2 fully saturated rings. The largest absolute Gasteiger partial charge is 0.311 e. The van der Waals surface area contributed by atoms with Crippen LogP contribution >= 0.6 is 15.9 Å². The van der Waals surface area contributed by atoms with Crippen molar-refractivity contribution in [3.63, 3.8) is 0 Å². The Morgan fingerprint density at radius 1 is 1.25 bits per heavy atom. The van der Waals surface area contributed by atoms with Crippen LogP contribution < -0.4 is 5.32 Å². The summed E-state index contributed by atoms with van der Waals surface area (Å²) in [6.07, 6.45) is 3.89. The van der Waals surface area contributed by atoms with Crippen molar-refractivity contribution in [2.45, 2.75) is 44.2 Å². The Labute approximate surface area is 131 Å². The van der Waals surface area contributed by atoms with Gasteiger partial charge in [-0.25, -0.2) is 0 Å². The Hall–Kier alpha value is -0.380. The predicted molar refractivity (Wildman–Crippen MR) is 88.1 cm³/mol. The zero-order chi connectivity index (χ0) is 14.1. The van der Waals surface area contributed by atoms with Gasteiger partial charge in [-0.1, -0.05) is 41.1 Å². The molecule has 0 spiro atoms. The van der Waals surface area contributed by atoms with E-state index < -0.39 is 0 Å². The van der Waals surface area contributed by atoms with E-state index in [-0.39, 0.29) is 0 Å². The van der Waals surface area contributed by atoms with Crippen LogP contribution in [0.15, 0.2) is 28.7 Å². The second kappa shape index (κ2) is 6.17. The fourth-order valence-corrected chi connectivity index (χ4v) is 4.33. The van der Waals surface area contributed by atoms with Gasteiger partial charge in [0.15, 0.2) is 0 Å². The number of halogens is 1. The third kappa shape index (κ3) is 3.10. The van der Waals surface area contributed by atoms with E-state index in [1.54, 1.807) is 0 Å². The number of likely N-dealkylation sites (tertiary alicyclic amines) is 1. The molecule has 1 aromatic carbocycles. The maximum absolute atomic E-state index is 3.90. The molecule has 3 rings (SSSR count). The molecule has 2 unspecified atom stereocenters. The summed E-state index contributed by atoms with van der Waals surface area (Å²) in [4.78, 5) is 2.45. The summed E-state index contributed by atoms with van der Waals surface area (Å²) in [5.41, 5.74) is 1.49. The molecular formula is C17H25BrN2. The van der Waals surface area contributed by atoms with E-state index >= 15 is 0 Å². The maximum Gasteiger partial charge on any atom is 0.0210 e. The van der Waals surface area contributed by atoms with Gasteiger partial charge < -0.3 is 10.2 Å². The molecule has 0 amide bonds. The van der Waals surface area contributed by atoms with Crippen molar-refractivity contribution in [3.8, 4) is 0 Å². The molecule has 2 atom stereocenters. The smallest absolute Gasteiger partial charge is 0.0210 e. The van der Waals surface area contributed by atoms with Gasteiger partial charge in [-0.05, 0) is 56.3 Å². The molecule has 0 aromatic heterocycles. The van der Waals surface area contributed by atoms with Crippen LogP contribution in [0.5, 0.6) is 0 Å². The number of rotatable bonds is 3. The molecule has 1 heterocycles. The zero-order valence-electron chi connectivity index (χ0n) is 12.5. The molecule has 1 aliphatic heterocycles. The van der Waals surface area contributed by atoms with Crippen LogP contribution in [0.4, 0.5) is 0 Å². The average Bonchev–Trinajstić information content (AvgIpc) is 2.37. The van der Waals surface area contributed by atoms with Crippen molar-refractivity contribution < 1.29 is 0 Å². The lowest BCUT2D eigenvalue weighted by Crippen LogP contribution is -2.53. The quantitative estimate of drug-likeness (QED) is 0.906. The molecule has 1 aromatic rings. The molecular weight excluding hydrogens is 312 g/mol. The highest BCUT2D eigenvalue weighted by Crippen LogP contribution is 2.40. The van der Waals surface area contributed by atoms with Crippen molar-refractivity contribution in [1.29, 1.82) is 0 Å². The minimum Gasteiger partial charge on any atom is -0.311 e. The molecule has 0 radical (unpaired) electrons. The zero-order valence-corrected chi connectivity index (χ0v) is 14.1. The summed E-state index contributed by atoms with van der Waals surface area (Å²) < 4.78 is 1.27. The summed E-state index contributed by atoms with van der Waals surface area (Å²) in [6.45, 7) is 4.86. The Kier molecular flexibility index (Phi) is 4.49. The van der Waals surface area contributed by atoms with Crippen LogP contribution in [-0.2, 0) is 0 Å². The Bertz CT molecular complexity index is 456. The number of piperidine rings is 1. The van der Waals surface area contributed by atoms with E-state index in [0.717, 1.165) is 23.9 Å². The van der Waals surface area contributed by atoms with E-state index in [4.69, 9.17) is 0 Å². The SMILES string of the molecule is CC1CN(C)CCC1NC1CC(c2ccccc2Br)C1. The number of benzene rings is 1. The summed E-state index contributed by atoms with van der Waals surface area (Å²) in [6, 6.07) is 10.1. The molecule has 20 heavy (non-hydrogen) atoms. The molecule has 2 aliphatic rings. The van der Waals surface area contributed by atoms with E-state index in [9.17, 15) is 0 Å². The fourth-order valence-electron chi connectivity index (χ4n) is 3.72. The van der Waals surface area contributed by atoms with Gasteiger partial charge in [0, 0.05) is 23.1 Å². The van der Waals surface area contributed by atoms with Crippen LogP contribution in [0.25, 0.3) is 0 Å². The van der Waals surface area contributed by atoms with Crippen molar-refractivity contribution in [2.24, 2.45) is 5.92 Å². The summed E-state index contributed by atoms with van der Waals surface area (Å²) in [5.74, 6) is 1.51. The molecule has 1 N–H and O–H groups in total. The summed E-state index contributed by atoms with van der Waals surface area (Å²) in [5, 5.41) is 3.90. The first-order valence-electron chi connectivity index (χ1n) is 7.82. The van der Waals surface area contributed by atoms with Crippen molar-refractivity contribution in [3.05, 3.63) is 34.3 Å². The molecule has 2 nitrogen and oxygen atoms in total. The first-order chi connectivity index (χ1) is 9.63. The predicted octanol–water partition coefficient (Wildman–Crippen LogP) is 3.62. The molecule has 1 saturated heterocycles. The van der Waals surface area contributed by atoms with Gasteiger partial charge in [0.2, 0.25) is 0 Å². The van der Waals surface area contributed by atoms with Crippen molar-refractivity contribution >= 4 is 15.9 Å². The van der Waals surface area contributed by atoms with Crippen LogP contribution in [0.2, 0.25) is 0 Å². The number of hydrogen-bond acceptors (Lipinski definition) is 2.